The maximum absolute atomic E-state index is 11.4. The molecular weight excluding hydrogens is 290 g/mol. The molecule has 8 nitrogen and oxygen atoms in total. The first-order chi connectivity index (χ1) is 9.15. The maximum atomic E-state index is 11.4. The molecule has 0 aliphatic carbocycles. The minimum atomic E-state index is -0.525. The summed E-state index contributed by atoms with van der Waals surface area (Å²) in [5, 5.41) is 7.70. The van der Waals surface area contributed by atoms with Crippen LogP contribution >= 0.6 is 23.1 Å². The number of aromatic nitrogens is 2. The molecule has 0 saturated carbocycles. The smallest absolute Gasteiger partial charge is 0.305 e. The van der Waals surface area contributed by atoms with E-state index in [1.54, 1.807) is 6.07 Å². The Labute approximate surface area is 115 Å². The third-order valence-corrected chi connectivity index (χ3v) is 3.69. The molecule has 0 bridgehead atoms. The van der Waals surface area contributed by atoms with Crippen molar-refractivity contribution in [2.75, 3.05) is 11.5 Å². The molecule has 2 aromatic rings. The predicted octanol–water partition coefficient (Wildman–Crippen LogP) is 0.267. The number of anilines is 1. The largest absolute Gasteiger partial charge is 0.459 e. The van der Waals surface area contributed by atoms with Crippen LogP contribution in [0.1, 0.15) is 10.6 Å². The Morgan fingerprint density at radius 3 is 2.89 bits per heavy atom. The number of hydrogen-bond donors (Lipinski definition) is 3. The number of carbonyl (C=O) groups excluding carboxylic acids is 2. The molecule has 0 atom stereocenters. The molecule has 0 aliphatic heterocycles. The van der Waals surface area contributed by atoms with E-state index < -0.39 is 5.91 Å². The lowest BCUT2D eigenvalue weighted by Gasteiger charge is -2.04. The zero-order valence-electron chi connectivity index (χ0n) is 9.45. The number of amides is 2. The van der Waals surface area contributed by atoms with Gasteiger partial charge in [-0.15, -0.1) is 10.2 Å². The molecule has 2 heterocycles. The van der Waals surface area contributed by atoms with Crippen LogP contribution in [0, 0.1) is 0 Å². The molecule has 0 saturated heterocycles. The van der Waals surface area contributed by atoms with Crippen molar-refractivity contribution in [2.45, 2.75) is 4.34 Å². The van der Waals surface area contributed by atoms with Crippen molar-refractivity contribution in [1.29, 1.82) is 0 Å². The predicted molar refractivity (Wildman–Crippen MR) is 69.4 cm³/mol. The van der Waals surface area contributed by atoms with Crippen LogP contribution in [0.5, 0.6) is 0 Å². The monoisotopic (exact) mass is 299 g/mol. The van der Waals surface area contributed by atoms with Crippen LogP contribution in [0.3, 0.4) is 0 Å². The number of hydrogen-bond acceptors (Lipinski definition) is 8. The lowest BCUT2D eigenvalue weighted by atomic mass is 10.4. The molecule has 0 unspecified atom stereocenters. The first-order valence-electron chi connectivity index (χ1n) is 4.99. The Balaban J connectivity index is 1.71. The number of thioether (sulfide) groups is 1. The third kappa shape index (κ3) is 3.96. The molecule has 0 radical (unpaired) electrons. The van der Waals surface area contributed by atoms with Gasteiger partial charge in [0.25, 0.3) is 0 Å². The number of nitrogens with zero attached hydrogens (tertiary/aromatic N) is 2. The van der Waals surface area contributed by atoms with Gasteiger partial charge in [-0.2, -0.15) is 0 Å². The molecule has 2 aromatic heterocycles. The van der Waals surface area contributed by atoms with Crippen molar-refractivity contribution >= 4 is 40.0 Å². The van der Waals surface area contributed by atoms with E-state index in [2.05, 4.69) is 21.0 Å². The number of carbonyl (C=O) groups is 2. The van der Waals surface area contributed by atoms with Crippen molar-refractivity contribution in [2.24, 2.45) is 0 Å². The summed E-state index contributed by atoms with van der Waals surface area (Å²) in [4.78, 5) is 22.9. The molecule has 0 aromatic carbocycles. The average Bonchev–Trinajstić information content (AvgIpc) is 3.04. The van der Waals surface area contributed by atoms with Crippen molar-refractivity contribution in [3.63, 3.8) is 0 Å². The van der Waals surface area contributed by atoms with Gasteiger partial charge < -0.3 is 10.2 Å². The number of rotatable bonds is 4. The highest BCUT2D eigenvalue weighted by molar-refractivity contribution is 8.01. The van der Waals surface area contributed by atoms with Crippen LogP contribution in [0.25, 0.3) is 0 Å². The Kier molecular flexibility index (Phi) is 4.36. The average molecular weight is 299 g/mol. The Morgan fingerprint density at radius 1 is 1.42 bits per heavy atom. The van der Waals surface area contributed by atoms with Crippen LogP contribution in [0.15, 0.2) is 27.2 Å². The number of nitrogen functional groups attached to an aromatic ring is 1. The van der Waals surface area contributed by atoms with Gasteiger partial charge in [-0.1, -0.05) is 23.1 Å². The zero-order valence-corrected chi connectivity index (χ0v) is 11.1. The fourth-order valence-corrected chi connectivity index (χ4v) is 2.47. The first-order valence-corrected chi connectivity index (χ1v) is 6.80. The fourth-order valence-electron chi connectivity index (χ4n) is 1.04. The van der Waals surface area contributed by atoms with Crippen molar-refractivity contribution in [3.8, 4) is 0 Å². The van der Waals surface area contributed by atoms with E-state index in [4.69, 9.17) is 10.2 Å². The van der Waals surface area contributed by atoms with Gasteiger partial charge in [0.2, 0.25) is 11.0 Å². The molecule has 100 valence electrons. The highest BCUT2D eigenvalue weighted by atomic mass is 32.2. The van der Waals surface area contributed by atoms with Crippen LogP contribution in [0.4, 0.5) is 5.13 Å². The molecule has 19 heavy (non-hydrogen) atoms. The van der Waals surface area contributed by atoms with Crippen LogP contribution in [0.2, 0.25) is 0 Å². The van der Waals surface area contributed by atoms with Crippen molar-refractivity contribution in [3.05, 3.63) is 24.2 Å². The zero-order chi connectivity index (χ0) is 13.7. The molecular formula is C9H9N5O3S2. The second kappa shape index (κ2) is 6.20. The summed E-state index contributed by atoms with van der Waals surface area (Å²) < 4.78 is 5.45. The summed E-state index contributed by atoms with van der Waals surface area (Å²) in [6, 6.07) is 3.06. The minimum absolute atomic E-state index is 0.0903. The van der Waals surface area contributed by atoms with Gasteiger partial charge in [0, 0.05) is 0 Å². The highest BCUT2D eigenvalue weighted by Crippen LogP contribution is 2.22. The fraction of sp³-hybridized carbons (Fsp3) is 0.111. The summed E-state index contributed by atoms with van der Waals surface area (Å²) in [6.45, 7) is 0. The van der Waals surface area contributed by atoms with Crippen LogP contribution in [-0.4, -0.2) is 27.8 Å². The Morgan fingerprint density at radius 2 is 2.26 bits per heavy atom. The van der Waals surface area contributed by atoms with Crippen molar-refractivity contribution < 1.29 is 14.0 Å². The van der Waals surface area contributed by atoms with E-state index in [-0.39, 0.29) is 17.4 Å². The Hall–Kier alpha value is -2.07. The maximum Gasteiger partial charge on any atom is 0.305 e. The van der Waals surface area contributed by atoms with Crippen molar-refractivity contribution in [1.82, 2.24) is 21.0 Å². The van der Waals surface area contributed by atoms with Gasteiger partial charge in [0.05, 0.1) is 12.0 Å². The van der Waals surface area contributed by atoms with Crippen LogP contribution < -0.4 is 16.6 Å². The van der Waals surface area contributed by atoms with E-state index >= 15 is 0 Å². The molecule has 0 spiro atoms. The number of nitrogens with one attached hydrogen (secondary N) is 2. The second-order valence-corrected chi connectivity index (χ2v) is 5.41. The summed E-state index contributed by atoms with van der Waals surface area (Å²) in [5.74, 6) is -0.695. The molecule has 2 rings (SSSR count). The molecule has 10 heteroatoms. The summed E-state index contributed by atoms with van der Waals surface area (Å²) >= 11 is 2.36. The summed E-state index contributed by atoms with van der Waals surface area (Å²) in [5.41, 5.74) is 9.88. The summed E-state index contributed by atoms with van der Waals surface area (Å²) in [7, 11) is 0. The van der Waals surface area contributed by atoms with Gasteiger partial charge in [-0.05, 0) is 12.1 Å². The topological polar surface area (TPSA) is 123 Å². The molecule has 4 N–H and O–H groups in total. The van der Waals surface area contributed by atoms with E-state index in [1.165, 1.54) is 35.4 Å². The number of nitrogens with two attached hydrogens (primary N) is 1. The minimum Gasteiger partial charge on any atom is -0.459 e. The van der Waals surface area contributed by atoms with Gasteiger partial charge >= 0.3 is 5.91 Å². The standard InChI is InChI=1S/C9H9N5O3S2/c10-8-13-14-9(19-8)18-4-6(15)11-12-7(16)5-2-1-3-17-5/h1-3H,4H2,(H2,10,13)(H,11,15)(H,12,16). The molecule has 0 fully saturated rings. The van der Waals surface area contributed by atoms with E-state index in [1.807, 2.05) is 0 Å². The lowest BCUT2D eigenvalue weighted by molar-refractivity contribution is -0.119. The van der Waals surface area contributed by atoms with E-state index in [9.17, 15) is 9.59 Å². The van der Waals surface area contributed by atoms with E-state index in [0.29, 0.717) is 9.47 Å². The third-order valence-electron chi connectivity index (χ3n) is 1.81. The van der Waals surface area contributed by atoms with Gasteiger partial charge in [0.1, 0.15) is 0 Å². The second-order valence-electron chi connectivity index (χ2n) is 3.17. The SMILES string of the molecule is Nc1nnc(SCC(=O)NNC(=O)c2ccco2)s1. The first kappa shape index (κ1) is 13.4. The van der Waals surface area contributed by atoms with Gasteiger partial charge in [0.15, 0.2) is 10.1 Å². The molecule has 0 aliphatic rings. The van der Waals surface area contributed by atoms with Crippen LogP contribution in [-0.2, 0) is 4.79 Å². The normalized spacial score (nSPS) is 10.1. The van der Waals surface area contributed by atoms with E-state index in [0.717, 1.165) is 0 Å². The van der Waals surface area contributed by atoms with Gasteiger partial charge in [-0.25, -0.2) is 0 Å². The quantitative estimate of drug-likeness (QED) is 0.546. The lowest BCUT2D eigenvalue weighted by Crippen LogP contribution is -2.42. The Bertz CT molecular complexity index is 568. The summed E-state index contributed by atoms with van der Waals surface area (Å²) in [6.07, 6.45) is 1.37. The number of furan rings is 1. The molecule has 2 amide bonds. The van der Waals surface area contributed by atoms with Gasteiger partial charge in [-0.3, -0.25) is 20.4 Å². The number of hydrazine groups is 1. The highest BCUT2D eigenvalue weighted by Gasteiger charge is 2.10.